The largest absolute Gasteiger partial charge is 0.493 e. The molecular weight excluding hydrogens is 250 g/mol. The highest BCUT2D eigenvalue weighted by Gasteiger charge is 2.09. The standard InChI is InChI=1S/C16H27N3O/c1-2-10-20-16-12-14(17)11-15(13-16)18-6-9-19-7-4-3-5-8-19/h11-13,18H,2-10,17H2,1H3. The summed E-state index contributed by atoms with van der Waals surface area (Å²) in [5, 5.41) is 3.45. The van der Waals surface area contributed by atoms with E-state index in [1.54, 1.807) is 0 Å². The lowest BCUT2D eigenvalue weighted by molar-refractivity contribution is 0.237. The highest BCUT2D eigenvalue weighted by molar-refractivity contribution is 5.59. The molecule has 3 N–H and O–H groups in total. The number of nitrogens with zero attached hydrogens (tertiary/aromatic N) is 1. The van der Waals surface area contributed by atoms with E-state index in [2.05, 4.69) is 17.1 Å². The summed E-state index contributed by atoms with van der Waals surface area (Å²) in [5.41, 5.74) is 7.71. The molecule has 20 heavy (non-hydrogen) atoms. The van der Waals surface area contributed by atoms with Crippen LogP contribution < -0.4 is 15.8 Å². The highest BCUT2D eigenvalue weighted by Crippen LogP contribution is 2.22. The number of rotatable bonds is 7. The molecule has 2 rings (SSSR count). The van der Waals surface area contributed by atoms with Crippen LogP contribution in [0, 0.1) is 0 Å². The van der Waals surface area contributed by atoms with Crippen molar-refractivity contribution in [3.05, 3.63) is 18.2 Å². The third-order valence-corrected chi connectivity index (χ3v) is 3.61. The van der Waals surface area contributed by atoms with Gasteiger partial charge in [-0.1, -0.05) is 13.3 Å². The molecule has 0 spiro atoms. The van der Waals surface area contributed by atoms with E-state index in [-0.39, 0.29) is 0 Å². The van der Waals surface area contributed by atoms with Gasteiger partial charge in [0.2, 0.25) is 0 Å². The molecule has 1 saturated heterocycles. The van der Waals surface area contributed by atoms with Crippen molar-refractivity contribution in [2.45, 2.75) is 32.6 Å². The predicted octanol–water partition coefficient (Wildman–Crippen LogP) is 2.96. The van der Waals surface area contributed by atoms with E-state index in [1.807, 2.05) is 18.2 Å². The molecule has 0 atom stereocenters. The van der Waals surface area contributed by atoms with Crippen LogP contribution in [0.2, 0.25) is 0 Å². The Morgan fingerprint density at radius 2 is 2.00 bits per heavy atom. The normalized spacial score (nSPS) is 16.1. The molecule has 1 heterocycles. The van der Waals surface area contributed by atoms with Crippen LogP contribution in [0.15, 0.2) is 18.2 Å². The lowest BCUT2D eigenvalue weighted by Gasteiger charge is -2.26. The molecule has 4 heteroatoms. The minimum atomic E-state index is 0.733. The number of likely N-dealkylation sites (tertiary alicyclic amines) is 1. The van der Waals surface area contributed by atoms with Gasteiger partial charge in [-0.3, -0.25) is 0 Å². The lowest BCUT2D eigenvalue weighted by atomic mass is 10.1. The van der Waals surface area contributed by atoms with Crippen LogP contribution in [-0.2, 0) is 0 Å². The summed E-state index contributed by atoms with van der Waals surface area (Å²) >= 11 is 0. The van der Waals surface area contributed by atoms with E-state index in [0.29, 0.717) is 0 Å². The third kappa shape index (κ3) is 4.93. The zero-order valence-corrected chi connectivity index (χ0v) is 12.5. The molecule has 0 aliphatic carbocycles. The molecule has 0 aromatic heterocycles. The minimum absolute atomic E-state index is 0.733. The number of hydrogen-bond acceptors (Lipinski definition) is 4. The number of anilines is 2. The van der Waals surface area contributed by atoms with Gasteiger partial charge in [0.25, 0.3) is 0 Å². The zero-order valence-electron chi connectivity index (χ0n) is 12.5. The van der Waals surface area contributed by atoms with E-state index >= 15 is 0 Å². The van der Waals surface area contributed by atoms with Crippen molar-refractivity contribution in [3.8, 4) is 5.75 Å². The molecule has 1 fully saturated rings. The first kappa shape index (κ1) is 15.0. The van der Waals surface area contributed by atoms with Crippen LogP contribution in [0.1, 0.15) is 32.6 Å². The maximum absolute atomic E-state index is 5.92. The quantitative estimate of drug-likeness (QED) is 0.752. The van der Waals surface area contributed by atoms with Gasteiger partial charge in [0.1, 0.15) is 5.75 Å². The smallest absolute Gasteiger partial charge is 0.123 e. The number of benzene rings is 1. The summed E-state index contributed by atoms with van der Waals surface area (Å²) in [7, 11) is 0. The van der Waals surface area contributed by atoms with E-state index in [4.69, 9.17) is 10.5 Å². The van der Waals surface area contributed by atoms with Crippen LogP contribution in [0.3, 0.4) is 0 Å². The van der Waals surface area contributed by atoms with Crippen LogP contribution in [-0.4, -0.2) is 37.7 Å². The fourth-order valence-electron chi connectivity index (χ4n) is 2.57. The maximum Gasteiger partial charge on any atom is 0.123 e. The van der Waals surface area contributed by atoms with Crippen molar-refractivity contribution in [2.75, 3.05) is 43.8 Å². The summed E-state index contributed by atoms with van der Waals surface area (Å²) in [6.07, 6.45) is 5.07. The summed E-state index contributed by atoms with van der Waals surface area (Å²) < 4.78 is 5.64. The SMILES string of the molecule is CCCOc1cc(N)cc(NCCN2CCCCC2)c1. The van der Waals surface area contributed by atoms with Gasteiger partial charge in [0.15, 0.2) is 0 Å². The first-order chi connectivity index (χ1) is 9.78. The van der Waals surface area contributed by atoms with Crippen LogP contribution in [0.5, 0.6) is 5.75 Å². The number of hydrogen-bond donors (Lipinski definition) is 2. The van der Waals surface area contributed by atoms with E-state index in [9.17, 15) is 0 Å². The molecule has 1 aliphatic heterocycles. The van der Waals surface area contributed by atoms with E-state index in [1.165, 1.54) is 32.4 Å². The number of piperidine rings is 1. The summed E-state index contributed by atoms with van der Waals surface area (Å²) in [6, 6.07) is 5.88. The second-order valence-electron chi connectivity index (χ2n) is 5.47. The summed E-state index contributed by atoms with van der Waals surface area (Å²) in [5.74, 6) is 0.854. The maximum atomic E-state index is 5.92. The van der Waals surface area contributed by atoms with Gasteiger partial charge < -0.3 is 20.7 Å². The van der Waals surface area contributed by atoms with Crippen molar-refractivity contribution in [3.63, 3.8) is 0 Å². The second kappa shape index (κ2) is 8.00. The Kier molecular flexibility index (Phi) is 5.99. The van der Waals surface area contributed by atoms with Gasteiger partial charge in [-0.25, -0.2) is 0 Å². The average molecular weight is 277 g/mol. The minimum Gasteiger partial charge on any atom is -0.493 e. The number of ether oxygens (including phenoxy) is 1. The molecule has 0 radical (unpaired) electrons. The first-order valence-electron chi connectivity index (χ1n) is 7.77. The van der Waals surface area contributed by atoms with Gasteiger partial charge in [0, 0.05) is 36.6 Å². The van der Waals surface area contributed by atoms with Gasteiger partial charge in [-0.2, -0.15) is 0 Å². The average Bonchev–Trinajstić information content (AvgIpc) is 2.46. The Balaban J connectivity index is 1.80. The molecule has 1 aliphatic rings. The first-order valence-corrected chi connectivity index (χ1v) is 7.77. The van der Waals surface area contributed by atoms with Crippen molar-refractivity contribution in [1.29, 1.82) is 0 Å². The topological polar surface area (TPSA) is 50.5 Å². The number of nitrogens with one attached hydrogen (secondary N) is 1. The molecular formula is C16H27N3O. The Morgan fingerprint density at radius 3 is 2.75 bits per heavy atom. The van der Waals surface area contributed by atoms with Gasteiger partial charge >= 0.3 is 0 Å². The Bertz CT molecular complexity index is 403. The van der Waals surface area contributed by atoms with Crippen molar-refractivity contribution in [1.82, 2.24) is 4.90 Å². The fourth-order valence-corrected chi connectivity index (χ4v) is 2.57. The summed E-state index contributed by atoms with van der Waals surface area (Å²) in [4.78, 5) is 2.53. The van der Waals surface area contributed by atoms with Crippen molar-refractivity contribution >= 4 is 11.4 Å². The fraction of sp³-hybridized carbons (Fsp3) is 0.625. The van der Waals surface area contributed by atoms with Crippen LogP contribution in [0.25, 0.3) is 0 Å². The van der Waals surface area contributed by atoms with Crippen LogP contribution >= 0.6 is 0 Å². The molecule has 4 nitrogen and oxygen atoms in total. The van der Waals surface area contributed by atoms with Crippen LogP contribution in [0.4, 0.5) is 11.4 Å². The third-order valence-electron chi connectivity index (χ3n) is 3.61. The monoisotopic (exact) mass is 277 g/mol. The predicted molar refractivity (Wildman–Crippen MR) is 85.4 cm³/mol. The number of nitrogen functional groups attached to an aromatic ring is 1. The molecule has 0 bridgehead atoms. The molecule has 0 amide bonds. The lowest BCUT2D eigenvalue weighted by Crippen LogP contribution is -2.33. The van der Waals surface area contributed by atoms with Gasteiger partial charge in [-0.15, -0.1) is 0 Å². The van der Waals surface area contributed by atoms with Crippen molar-refractivity contribution < 1.29 is 4.74 Å². The van der Waals surface area contributed by atoms with Gasteiger partial charge in [-0.05, 0) is 38.4 Å². The van der Waals surface area contributed by atoms with E-state index < -0.39 is 0 Å². The number of nitrogens with two attached hydrogens (primary N) is 1. The van der Waals surface area contributed by atoms with Gasteiger partial charge in [0.05, 0.1) is 6.61 Å². The Labute approximate surface area is 122 Å². The van der Waals surface area contributed by atoms with E-state index in [0.717, 1.165) is 43.2 Å². The molecule has 1 aromatic rings. The summed E-state index contributed by atoms with van der Waals surface area (Å²) in [6.45, 7) is 7.37. The highest BCUT2D eigenvalue weighted by atomic mass is 16.5. The molecule has 112 valence electrons. The second-order valence-corrected chi connectivity index (χ2v) is 5.47. The molecule has 1 aromatic carbocycles. The zero-order chi connectivity index (χ0) is 14.2. The Hall–Kier alpha value is -1.42. The Morgan fingerprint density at radius 1 is 1.20 bits per heavy atom. The van der Waals surface area contributed by atoms with Crippen molar-refractivity contribution in [2.24, 2.45) is 0 Å². The molecule has 0 saturated carbocycles. The molecule has 0 unspecified atom stereocenters.